The summed E-state index contributed by atoms with van der Waals surface area (Å²) < 4.78 is 0. The standard InChI is InChI=1S/C15H23N3/c1-13-4-2-5-14(10-13)18-11-15(12-18)17-8-3-6-16-7-9-17/h2,4-5,10,15-16H,3,6-9,11-12H2,1H3. The SMILES string of the molecule is Cc1cccc(N2CC(N3CCCNCC3)C2)c1. The lowest BCUT2D eigenvalue weighted by molar-refractivity contribution is 0.177. The smallest absolute Gasteiger partial charge is 0.0447 e. The lowest BCUT2D eigenvalue weighted by Gasteiger charge is -2.46. The predicted molar refractivity (Wildman–Crippen MR) is 76.2 cm³/mol. The highest BCUT2D eigenvalue weighted by molar-refractivity contribution is 5.51. The molecule has 1 aromatic rings. The Labute approximate surface area is 110 Å². The van der Waals surface area contributed by atoms with Gasteiger partial charge in [-0.2, -0.15) is 0 Å². The van der Waals surface area contributed by atoms with Crippen molar-refractivity contribution < 1.29 is 0 Å². The number of aryl methyl sites for hydroxylation is 1. The summed E-state index contributed by atoms with van der Waals surface area (Å²) in [5, 5.41) is 3.48. The molecule has 0 spiro atoms. The molecule has 0 atom stereocenters. The van der Waals surface area contributed by atoms with E-state index in [9.17, 15) is 0 Å². The highest BCUT2D eigenvalue weighted by Gasteiger charge is 2.31. The van der Waals surface area contributed by atoms with E-state index in [0.717, 1.165) is 12.6 Å². The average Bonchev–Trinajstić information content (AvgIpc) is 2.56. The van der Waals surface area contributed by atoms with Gasteiger partial charge < -0.3 is 10.2 Å². The lowest BCUT2D eigenvalue weighted by atomic mass is 10.0. The molecule has 2 aliphatic heterocycles. The highest BCUT2D eigenvalue weighted by Crippen LogP contribution is 2.24. The van der Waals surface area contributed by atoms with E-state index in [1.807, 2.05) is 0 Å². The van der Waals surface area contributed by atoms with Crippen molar-refractivity contribution in [2.24, 2.45) is 0 Å². The molecule has 1 N–H and O–H groups in total. The van der Waals surface area contributed by atoms with Gasteiger partial charge in [-0.15, -0.1) is 0 Å². The van der Waals surface area contributed by atoms with Crippen molar-refractivity contribution in [2.75, 3.05) is 44.2 Å². The summed E-state index contributed by atoms with van der Waals surface area (Å²) in [4.78, 5) is 5.16. The van der Waals surface area contributed by atoms with E-state index in [2.05, 4.69) is 46.3 Å². The van der Waals surface area contributed by atoms with Crippen molar-refractivity contribution >= 4 is 5.69 Å². The summed E-state index contributed by atoms with van der Waals surface area (Å²) in [6.07, 6.45) is 1.29. The van der Waals surface area contributed by atoms with Crippen LogP contribution in [-0.2, 0) is 0 Å². The van der Waals surface area contributed by atoms with Crippen LogP contribution < -0.4 is 10.2 Å². The van der Waals surface area contributed by atoms with Crippen molar-refractivity contribution in [3.63, 3.8) is 0 Å². The fourth-order valence-corrected chi connectivity index (χ4v) is 2.95. The number of benzene rings is 1. The maximum absolute atomic E-state index is 3.48. The van der Waals surface area contributed by atoms with Crippen LogP contribution in [0.15, 0.2) is 24.3 Å². The first-order chi connectivity index (χ1) is 8.83. The molecule has 0 saturated carbocycles. The largest absolute Gasteiger partial charge is 0.368 e. The molecular weight excluding hydrogens is 222 g/mol. The number of hydrogen-bond donors (Lipinski definition) is 1. The third kappa shape index (κ3) is 2.52. The Bertz CT molecular complexity index is 390. The number of nitrogens with zero attached hydrogens (tertiary/aromatic N) is 2. The summed E-state index contributed by atoms with van der Waals surface area (Å²) >= 11 is 0. The quantitative estimate of drug-likeness (QED) is 0.851. The third-order valence-electron chi connectivity index (χ3n) is 4.12. The molecule has 18 heavy (non-hydrogen) atoms. The van der Waals surface area contributed by atoms with Crippen molar-refractivity contribution in [3.8, 4) is 0 Å². The zero-order valence-electron chi connectivity index (χ0n) is 11.2. The maximum atomic E-state index is 3.48. The molecule has 0 unspecified atom stereocenters. The summed E-state index contributed by atoms with van der Waals surface area (Å²) in [7, 11) is 0. The van der Waals surface area contributed by atoms with Gasteiger partial charge in [-0.25, -0.2) is 0 Å². The van der Waals surface area contributed by atoms with E-state index in [-0.39, 0.29) is 0 Å². The summed E-state index contributed by atoms with van der Waals surface area (Å²) in [5.41, 5.74) is 2.74. The molecule has 0 aromatic heterocycles. The molecule has 98 valence electrons. The first kappa shape index (κ1) is 12.0. The monoisotopic (exact) mass is 245 g/mol. The molecule has 2 saturated heterocycles. The molecular formula is C15H23N3. The molecule has 2 heterocycles. The van der Waals surface area contributed by atoms with E-state index in [1.54, 1.807) is 0 Å². The van der Waals surface area contributed by atoms with Gasteiger partial charge in [0.1, 0.15) is 0 Å². The molecule has 1 aromatic carbocycles. The van der Waals surface area contributed by atoms with Gasteiger partial charge >= 0.3 is 0 Å². The average molecular weight is 245 g/mol. The van der Waals surface area contributed by atoms with Crippen LogP contribution >= 0.6 is 0 Å². The molecule has 0 bridgehead atoms. The van der Waals surface area contributed by atoms with Crippen LogP contribution in [-0.4, -0.2) is 50.2 Å². The van der Waals surface area contributed by atoms with Gasteiger partial charge in [0.05, 0.1) is 0 Å². The fraction of sp³-hybridized carbons (Fsp3) is 0.600. The van der Waals surface area contributed by atoms with Gasteiger partial charge in [-0.1, -0.05) is 12.1 Å². The van der Waals surface area contributed by atoms with E-state index in [1.165, 1.54) is 50.4 Å². The third-order valence-corrected chi connectivity index (χ3v) is 4.12. The number of anilines is 1. The highest BCUT2D eigenvalue weighted by atomic mass is 15.3. The number of hydrogen-bond acceptors (Lipinski definition) is 3. The molecule has 3 heteroatoms. The topological polar surface area (TPSA) is 18.5 Å². The maximum Gasteiger partial charge on any atom is 0.0447 e. The van der Waals surface area contributed by atoms with E-state index in [4.69, 9.17) is 0 Å². The van der Waals surface area contributed by atoms with E-state index < -0.39 is 0 Å². The number of rotatable bonds is 2. The van der Waals surface area contributed by atoms with Gasteiger partial charge in [0.2, 0.25) is 0 Å². The van der Waals surface area contributed by atoms with Crippen molar-refractivity contribution in [2.45, 2.75) is 19.4 Å². The van der Waals surface area contributed by atoms with Gasteiger partial charge in [-0.3, -0.25) is 4.90 Å². The van der Waals surface area contributed by atoms with Crippen LogP contribution in [0, 0.1) is 6.92 Å². The summed E-state index contributed by atoms with van der Waals surface area (Å²) in [6.45, 7) is 9.38. The molecule has 2 fully saturated rings. The van der Waals surface area contributed by atoms with E-state index in [0.29, 0.717) is 0 Å². The fourth-order valence-electron chi connectivity index (χ4n) is 2.95. The van der Waals surface area contributed by atoms with Crippen LogP contribution in [0.25, 0.3) is 0 Å². The Morgan fingerprint density at radius 1 is 1.17 bits per heavy atom. The second-order valence-corrected chi connectivity index (χ2v) is 5.54. The zero-order chi connectivity index (χ0) is 12.4. The first-order valence-corrected chi connectivity index (χ1v) is 7.09. The van der Waals surface area contributed by atoms with Gasteiger partial charge in [0.25, 0.3) is 0 Å². The lowest BCUT2D eigenvalue weighted by Crippen LogP contribution is -2.60. The second-order valence-electron chi connectivity index (χ2n) is 5.54. The van der Waals surface area contributed by atoms with Crippen molar-refractivity contribution in [1.29, 1.82) is 0 Å². The van der Waals surface area contributed by atoms with Crippen LogP contribution in [0.5, 0.6) is 0 Å². The van der Waals surface area contributed by atoms with Crippen LogP contribution in [0.2, 0.25) is 0 Å². The second kappa shape index (κ2) is 5.29. The first-order valence-electron chi connectivity index (χ1n) is 7.09. The van der Waals surface area contributed by atoms with Crippen LogP contribution in [0.4, 0.5) is 5.69 Å². The Balaban J connectivity index is 1.56. The van der Waals surface area contributed by atoms with Gasteiger partial charge in [-0.05, 0) is 44.1 Å². The molecule has 0 amide bonds. The molecule has 3 rings (SSSR count). The minimum atomic E-state index is 0.769. The number of nitrogens with one attached hydrogen (secondary N) is 1. The Morgan fingerprint density at radius 2 is 2.06 bits per heavy atom. The zero-order valence-corrected chi connectivity index (χ0v) is 11.2. The molecule has 0 aliphatic carbocycles. The Morgan fingerprint density at radius 3 is 2.89 bits per heavy atom. The predicted octanol–water partition coefficient (Wildman–Crippen LogP) is 1.48. The van der Waals surface area contributed by atoms with Crippen molar-refractivity contribution in [1.82, 2.24) is 10.2 Å². The van der Waals surface area contributed by atoms with Crippen molar-refractivity contribution in [3.05, 3.63) is 29.8 Å². The summed E-state index contributed by atoms with van der Waals surface area (Å²) in [5.74, 6) is 0. The van der Waals surface area contributed by atoms with Crippen LogP contribution in [0.1, 0.15) is 12.0 Å². The Hall–Kier alpha value is -1.06. The van der Waals surface area contributed by atoms with E-state index >= 15 is 0 Å². The van der Waals surface area contributed by atoms with Crippen LogP contribution in [0.3, 0.4) is 0 Å². The minimum absolute atomic E-state index is 0.769. The molecule has 2 aliphatic rings. The Kier molecular flexibility index (Phi) is 3.52. The molecule has 0 radical (unpaired) electrons. The molecule has 3 nitrogen and oxygen atoms in total. The minimum Gasteiger partial charge on any atom is -0.368 e. The van der Waals surface area contributed by atoms with Gasteiger partial charge in [0.15, 0.2) is 0 Å². The van der Waals surface area contributed by atoms with Gasteiger partial charge in [0, 0.05) is 37.9 Å². The summed E-state index contributed by atoms with van der Waals surface area (Å²) in [6, 6.07) is 9.62. The normalized spacial score (nSPS) is 22.6.